The van der Waals surface area contributed by atoms with E-state index in [9.17, 15) is 9.18 Å². The Hall–Kier alpha value is -1.78. The number of amides is 1. The molecule has 1 aromatic carbocycles. The Bertz CT molecular complexity index is 366. The molecule has 0 aromatic heterocycles. The highest BCUT2D eigenvalue weighted by Crippen LogP contribution is 2.22. The van der Waals surface area contributed by atoms with Gasteiger partial charge in [-0.1, -0.05) is 0 Å². The van der Waals surface area contributed by atoms with E-state index >= 15 is 0 Å². The number of anilines is 1. The van der Waals surface area contributed by atoms with Crippen molar-refractivity contribution in [3.05, 3.63) is 24.0 Å². The monoisotopic (exact) mass is 213 g/mol. The van der Waals surface area contributed by atoms with Gasteiger partial charge in [0.25, 0.3) is 0 Å². The largest absolute Gasteiger partial charge is 0.491 e. The van der Waals surface area contributed by atoms with Crippen LogP contribution >= 0.6 is 0 Å². The molecule has 0 fully saturated rings. The first-order valence-corrected chi connectivity index (χ1v) is 4.45. The number of nitrogens with one attached hydrogen (secondary N) is 1. The molecule has 0 saturated carbocycles. The minimum Gasteiger partial charge on any atom is -0.491 e. The SMILES string of the molecule is CC(C)Oc1ccc(F)c(NC(=O)O)c1. The molecule has 0 spiro atoms. The van der Waals surface area contributed by atoms with E-state index in [1.165, 1.54) is 12.1 Å². The van der Waals surface area contributed by atoms with Crippen LogP contribution in [0.25, 0.3) is 0 Å². The number of benzene rings is 1. The third-order valence-electron chi connectivity index (χ3n) is 1.55. The van der Waals surface area contributed by atoms with Crippen molar-refractivity contribution in [2.24, 2.45) is 0 Å². The molecule has 1 rings (SSSR count). The average molecular weight is 213 g/mol. The van der Waals surface area contributed by atoms with Gasteiger partial charge in [-0.2, -0.15) is 0 Å². The molecule has 1 aromatic rings. The number of rotatable bonds is 3. The van der Waals surface area contributed by atoms with Gasteiger partial charge in [0.1, 0.15) is 11.6 Å². The molecule has 82 valence electrons. The van der Waals surface area contributed by atoms with Crippen LogP contribution in [0.5, 0.6) is 5.75 Å². The first kappa shape index (κ1) is 11.3. The van der Waals surface area contributed by atoms with E-state index in [2.05, 4.69) is 0 Å². The third-order valence-corrected chi connectivity index (χ3v) is 1.55. The van der Waals surface area contributed by atoms with Gasteiger partial charge < -0.3 is 9.84 Å². The average Bonchev–Trinajstić information content (AvgIpc) is 2.09. The summed E-state index contributed by atoms with van der Waals surface area (Å²) in [7, 11) is 0. The summed E-state index contributed by atoms with van der Waals surface area (Å²) in [5, 5.41) is 10.4. The zero-order chi connectivity index (χ0) is 11.4. The molecule has 0 aliphatic heterocycles. The van der Waals surface area contributed by atoms with Gasteiger partial charge in [0, 0.05) is 6.07 Å². The molecule has 0 atom stereocenters. The van der Waals surface area contributed by atoms with Crippen molar-refractivity contribution < 1.29 is 19.0 Å². The molecule has 1 amide bonds. The van der Waals surface area contributed by atoms with Crippen molar-refractivity contribution in [2.45, 2.75) is 20.0 Å². The molecule has 0 heterocycles. The Morgan fingerprint density at radius 3 is 2.73 bits per heavy atom. The predicted molar refractivity (Wildman–Crippen MR) is 53.8 cm³/mol. The summed E-state index contributed by atoms with van der Waals surface area (Å²) in [6, 6.07) is 3.91. The fraction of sp³-hybridized carbons (Fsp3) is 0.300. The summed E-state index contributed by atoms with van der Waals surface area (Å²) < 4.78 is 18.4. The van der Waals surface area contributed by atoms with E-state index < -0.39 is 11.9 Å². The lowest BCUT2D eigenvalue weighted by Gasteiger charge is -2.11. The fourth-order valence-electron chi connectivity index (χ4n) is 1.06. The van der Waals surface area contributed by atoms with E-state index in [4.69, 9.17) is 9.84 Å². The van der Waals surface area contributed by atoms with E-state index in [1.807, 2.05) is 19.2 Å². The number of carbonyl (C=O) groups is 1. The summed E-state index contributed by atoms with van der Waals surface area (Å²) in [4.78, 5) is 10.3. The van der Waals surface area contributed by atoms with Crippen LogP contribution in [0.15, 0.2) is 18.2 Å². The Kier molecular flexibility index (Phi) is 3.49. The number of ether oxygens (including phenoxy) is 1. The molecular formula is C10H12FNO3. The zero-order valence-corrected chi connectivity index (χ0v) is 8.45. The minimum absolute atomic E-state index is 0.0480. The highest BCUT2D eigenvalue weighted by Gasteiger charge is 2.07. The van der Waals surface area contributed by atoms with Gasteiger partial charge in [0.05, 0.1) is 11.8 Å². The molecule has 2 N–H and O–H groups in total. The van der Waals surface area contributed by atoms with Gasteiger partial charge in [-0.3, -0.25) is 5.32 Å². The molecule has 0 aliphatic carbocycles. The van der Waals surface area contributed by atoms with Crippen molar-refractivity contribution in [1.29, 1.82) is 0 Å². The maximum atomic E-state index is 13.1. The van der Waals surface area contributed by atoms with Crippen LogP contribution < -0.4 is 10.1 Å². The highest BCUT2D eigenvalue weighted by molar-refractivity contribution is 5.83. The lowest BCUT2D eigenvalue weighted by atomic mass is 10.3. The van der Waals surface area contributed by atoms with Gasteiger partial charge in [-0.05, 0) is 26.0 Å². The van der Waals surface area contributed by atoms with Gasteiger partial charge in [0.2, 0.25) is 0 Å². The second-order valence-electron chi connectivity index (χ2n) is 3.24. The summed E-state index contributed by atoms with van der Waals surface area (Å²) >= 11 is 0. The maximum absolute atomic E-state index is 13.1. The van der Waals surface area contributed by atoms with Crippen LogP contribution in [0.3, 0.4) is 0 Å². The van der Waals surface area contributed by atoms with Gasteiger partial charge in [-0.15, -0.1) is 0 Å². The standard InChI is InChI=1S/C10H12FNO3/c1-6(2)15-7-3-4-8(11)9(5-7)12-10(13)14/h3-6,12H,1-2H3,(H,13,14). The van der Waals surface area contributed by atoms with Gasteiger partial charge in [-0.25, -0.2) is 9.18 Å². The molecule has 0 radical (unpaired) electrons. The van der Waals surface area contributed by atoms with Crippen molar-refractivity contribution in [3.8, 4) is 5.75 Å². The van der Waals surface area contributed by atoms with Gasteiger partial charge in [0.15, 0.2) is 0 Å². The van der Waals surface area contributed by atoms with Crippen LogP contribution in [0.1, 0.15) is 13.8 Å². The van der Waals surface area contributed by atoms with Crippen LogP contribution in [0.2, 0.25) is 0 Å². The van der Waals surface area contributed by atoms with Crippen LogP contribution in [0, 0.1) is 5.82 Å². The first-order valence-electron chi connectivity index (χ1n) is 4.45. The molecular weight excluding hydrogens is 201 g/mol. The molecule has 15 heavy (non-hydrogen) atoms. The number of carboxylic acid groups (broad SMARTS) is 1. The van der Waals surface area contributed by atoms with Crippen LogP contribution in [-0.4, -0.2) is 17.3 Å². The van der Waals surface area contributed by atoms with Gasteiger partial charge >= 0.3 is 6.09 Å². The highest BCUT2D eigenvalue weighted by atomic mass is 19.1. The fourth-order valence-corrected chi connectivity index (χ4v) is 1.06. The van der Waals surface area contributed by atoms with Crippen LogP contribution in [0.4, 0.5) is 14.9 Å². The van der Waals surface area contributed by atoms with E-state index in [1.54, 1.807) is 0 Å². The lowest BCUT2D eigenvalue weighted by Crippen LogP contribution is -2.10. The van der Waals surface area contributed by atoms with Crippen molar-refractivity contribution in [1.82, 2.24) is 0 Å². The minimum atomic E-state index is -1.31. The van der Waals surface area contributed by atoms with E-state index in [-0.39, 0.29) is 11.8 Å². The number of hydrogen-bond acceptors (Lipinski definition) is 2. The molecule has 5 heteroatoms. The zero-order valence-electron chi connectivity index (χ0n) is 8.45. The number of hydrogen-bond donors (Lipinski definition) is 2. The number of halogens is 1. The summed E-state index contributed by atoms with van der Waals surface area (Å²) in [6.45, 7) is 3.65. The van der Waals surface area contributed by atoms with E-state index in [0.29, 0.717) is 5.75 Å². The van der Waals surface area contributed by atoms with Crippen LogP contribution in [-0.2, 0) is 0 Å². The van der Waals surface area contributed by atoms with Crippen molar-refractivity contribution in [3.63, 3.8) is 0 Å². The smallest absolute Gasteiger partial charge is 0.409 e. The van der Waals surface area contributed by atoms with E-state index in [0.717, 1.165) is 6.07 Å². The molecule has 0 bridgehead atoms. The summed E-state index contributed by atoms with van der Waals surface area (Å²) in [6.07, 6.45) is -1.36. The molecule has 0 saturated heterocycles. The van der Waals surface area contributed by atoms with Crippen molar-refractivity contribution in [2.75, 3.05) is 5.32 Å². The first-order chi connectivity index (χ1) is 6.99. The lowest BCUT2D eigenvalue weighted by molar-refractivity contribution is 0.209. The maximum Gasteiger partial charge on any atom is 0.409 e. The Labute approximate surface area is 86.7 Å². The summed E-state index contributed by atoms with van der Waals surface area (Å²) in [5.41, 5.74) is -0.111. The molecule has 0 unspecified atom stereocenters. The topological polar surface area (TPSA) is 58.6 Å². The van der Waals surface area contributed by atoms with Crippen molar-refractivity contribution >= 4 is 11.8 Å². The normalized spacial score (nSPS) is 10.1. The third kappa shape index (κ3) is 3.46. The quantitative estimate of drug-likeness (QED) is 0.811. The molecule has 0 aliphatic rings. The Morgan fingerprint density at radius 1 is 1.53 bits per heavy atom. The Morgan fingerprint density at radius 2 is 2.20 bits per heavy atom. The molecule has 4 nitrogen and oxygen atoms in total. The Balaban J connectivity index is 2.89. The second kappa shape index (κ2) is 4.63. The second-order valence-corrected chi connectivity index (χ2v) is 3.24. The predicted octanol–water partition coefficient (Wildman–Crippen LogP) is 2.70. The summed E-state index contributed by atoms with van der Waals surface area (Å²) in [5.74, 6) is -0.205.